The van der Waals surface area contributed by atoms with E-state index in [1.807, 2.05) is 67.8 Å². The molecule has 0 saturated heterocycles. The molecule has 0 fully saturated rings. The molecule has 2 aliphatic rings. The molecule has 1 aliphatic heterocycles. The molecule has 0 saturated carbocycles. The number of hydrogen-bond acceptors (Lipinski definition) is 3. The quantitative estimate of drug-likeness (QED) is 0.405. The number of thiocarbonyl (C=S) groups is 1. The number of allylic oxidation sites excluding steroid dienone is 2. The fourth-order valence-electron chi connectivity index (χ4n) is 2.85. The Morgan fingerprint density at radius 3 is 2.52 bits per heavy atom. The number of nitrogens with one attached hydrogen (secondary N) is 2. The molecule has 6 heteroatoms. The summed E-state index contributed by atoms with van der Waals surface area (Å²) >= 11 is 5.17. The molecule has 4 N–H and O–H groups in total. The Labute approximate surface area is 176 Å². The summed E-state index contributed by atoms with van der Waals surface area (Å²) in [5.74, 6) is 0.837. The van der Waals surface area contributed by atoms with Crippen LogP contribution in [0.3, 0.4) is 0 Å². The normalized spacial score (nSPS) is 19.7. The van der Waals surface area contributed by atoms with Crippen molar-refractivity contribution >= 4 is 23.0 Å². The van der Waals surface area contributed by atoms with Crippen LogP contribution in [0.4, 0.5) is 0 Å². The molecular formula is C21H22FeN3OS-. The summed E-state index contributed by atoms with van der Waals surface area (Å²) in [6.45, 7) is 0. The van der Waals surface area contributed by atoms with Crippen LogP contribution in [-0.4, -0.2) is 12.2 Å². The van der Waals surface area contributed by atoms with Crippen molar-refractivity contribution in [2.24, 2.45) is 5.73 Å². The summed E-state index contributed by atoms with van der Waals surface area (Å²) < 4.78 is 5.19. The summed E-state index contributed by atoms with van der Waals surface area (Å²) in [5, 5.41) is 1.28. The first-order chi connectivity index (χ1) is 12.7. The SMILES string of the molecule is COc1ccc(C2=CC(c3ccc[cH-]3)[NH+](C(N)=S)N2)cc1.[CH]1[CH][CH-]C=C1.[Fe]. The second-order valence-corrected chi connectivity index (χ2v) is 6.31. The molecule has 4 nitrogen and oxygen atoms in total. The first-order valence-corrected chi connectivity index (χ1v) is 8.78. The van der Waals surface area contributed by atoms with E-state index < -0.39 is 0 Å². The van der Waals surface area contributed by atoms with Crippen LogP contribution < -0.4 is 20.9 Å². The van der Waals surface area contributed by atoms with E-state index in [4.69, 9.17) is 22.7 Å². The molecule has 1 heterocycles. The van der Waals surface area contributed by atoms with E-state index in [-0.39, 0.29) is 23.1 Å². The Morgan fingerprint density at radius 2 is 2.04 bits per heavy atom. The van der Waals surface area contributed by atoms with Gasteiger partial charge in [-0.05, 0) is 24.3 Å². The van der Waals surface area contributed by atoms with E-state index in [0.29, 0.717) is 5.11 Å². The summed E-state index contributed by atoms with van der Waals surface area (Å²) in [4.78, 5) is 0. The van der Waals surface area contributed by atoms with E-state index in [2.05, 4.69) is 23.6 Å². The largest absolute Gasteiger partial charge is 0.497 e. The van der Waals surface area contributed by atoms with Crippen molar-refractivity contribution in [2.75, 3.05) is 7.11 Å². The van der Waals surface area contributed by atoms with Gasteiger partial charge in [0.25, 0.3) is 5.11 Å². The van der Waals surface area contributed by atoms with Crippen molar-refractivity contribution in [2.45, 2.75) is 6.04 Å². The standard InChI is InChI=1S/C16H16N3OS.C5H5.Fe/c1-20-13-8-6-11(7-9-13)14-10-15(12-4-2-3-5-12)19(18-14)16(17)21;1-2-4-5-3-1;/h2-10,15,18H,1H3,(H2,17,21);1-5H;/q2*-1;/p+1. The molecule has 2 unspecified atom stereocenters. The van der Waals surface area contributed by atoms with E-state index in [9.17, 15) is 0 Å². The van der Waals surface area contributed by atoms with Gasteiger partial charge < -0.3 is 10.5 Å². The number of quaternary nitrogens is 1. The minimum Gasteiger partial charge on any atom is -0.497 e. The predicted octanol–water partition coefficient (Wildman–Crippen LogP) is 2.31. The van der Waals surface area contributed by atoms with Crippen molar-refractivity contribution in [3.05, 3.63) is 97.1 Å². The molecule has 0 spiro atoms. The number of rotatable bonds is 3. The van der Waals surface area contributed by atoms with Gasteiger partial charge in [-0.3, -0.25) is 0 Å². The fraction of sp³-hybridized carbons (Fsp3) is 0.0952. The Balaban J connectivity index is 0.000000379. The zero-order valence-electron chi connectivity index (χ0n) is 14.9. The van der Waals surface area contributed by atoms with Gasteiger partial charge in [-0.1, -0.05) is 0 Å². The molecule has 0 bridgehead atoms. The summed E-state index contributed by atoms with van der Waals surface area (Å²) in [6.07, 6.45) is 12.2. The van der Waals surface area contributed by atoms with Crippen LogP contribution in [0.2, 0.25) is 0 Å². The topological polar surface area (TPSA) is 51.7 Å². The Kier molecular flexibility index (Phi) is 8.07. The van der Waals surface area contributed by atoms with Gasteiger partial charge in [0.1, 0.15) is 11.8 Å². The van der Waals surface area contributed by atoms with Crippen molar-refractivity contribution in [1.82, 2.24) is 5.43 Å². The van der Waals surface area contributed by atoms with E-state index in [1.54, 1.807) is 7.11 Å². The maximum absolute atomic E-state index is 5.86. The molecule has 142 valence electrons. The van der Waals surface area contributed by atoms with E-state index in [0.717, 1.165) is 22.0 Å². The molecule has 0 aromatic heterocycles. The average molecular weight is 420 g/mol. The Morgan fingerprint density at radius 1 is 1.26 bits per heavy atom. The first-order valence-electron chi connectivity index (χ1n) is 8.37. The van der Waals surface area contributed by atoms with Crippen LogP contribution in [0.1, 0.15) is 17.2 Å². The third-order valence-electron chi connectivity index (χ3n) is 4.18. The molecule has 27 heavy (non-hydrogen) atoms. The molecule has 2 aromatic carbocycles. The smallest absolute Gasteiger partial charge is 0.291 e. The molecule has 2 atom stereocenters. The maximum atomic E-state index is 5.86. The first kappa shape index (κ1) is 21.2. The number of hydrogen-bond donors (Lipinski definition) is 3. The van der Waals surface area contributed by atoms with E-state index >= 15 is 0 Å². The van der Waals surface area contributed by atoms with Gasteiger partial charge in [-0.25, -0.2) is 36.1 Å². The summed E-state index contributed by atoms with van der Waals surface area (Å²) in [7, 11) is 1.66. The second kappa shape index (κ2) is 10.3. The predicted molar refractivity (Wildman–Crippen MR) is 109 cm³/mol. The third kappa shape index (κ3) is 5.44. The monoisotopic (exact) mass is 420 g/mol. The number of benzene rings is 1. The van der Waals surface area contributed by atoms with Gasteiger partial charge in [0.05, 0.1) is 12.8 Å². The van der Waals surface area contributed by atoms with Crippen LogP contribution in [0, 0.1) is 19.3 Å². The van der Waals surface area contributed by atoms with Crippen LogP contribution in [0.15, 0.2) is 66.8 Å². The van der Waals surface area contributed by atoms with Gasteiger partial charge in [0.2, 0.25) is 0 Å². The van der Waals surface area contributed by atoms with Gasteiger partial charge in [0.15, 0.2) is 0 Å². The Bertz CT molecular complexity index is 778. The van der Waals surface area contributed by atoms with Crippen LogP contribution in [-0.2, 0) is 17.1 Å². The maximum Gasteiger partial charge on any atom is 0.291 e. The van der Waals surface area contributed by atoms with E-state index in [1.165, 1.54) is 5.56 Å². The van der Waals surface area contributed by atoms with Gasteiger partial charge in [-0.15, -0.1) is 18.4 Å². The Hall–Kier alpha value is -2.11. The number of nitrogens with two attached hydrogens (primary N) is 1. The molecule has 1 aliphatic carbocycles. The summed E-state index contributed by atoms with van der Waals surface area (Å²) in [6, 6.07) is 16.2. The molecular weight excluding hydrogens is 398 g/mol. The second-order valence-electron chi connectivity index (χ2n) is 5.87. The molecule has 4 rings (SSSR count). The van der Waals surface area contributed by atoms with Crippen molar-refractivity contribution in [3.8, 4) is 5.75 Å². The summed E-state index contributed by atoms with van der Waals surface area (Å²) in [5.41, 5.74) is 12.5. The van der Waals surface area contributed by atoms with Crippen LogP contribution in [0.5, 0.6) is 5.75 Å². The van der Waals surface area contributed by atoms with Gasteiger partial charge in [-0.2, -0.15) is 17.1 Å². The third-order valence-corrected chi connectivity index (χ3v) is 4.40. The average Bonchev–Trinajstić information content (AvgIpc) is 3.44. The number of ether oxygens (including phenoxy) is 1. The van der Waals surface area contributed by atoms with Crippen LogP contribution >= 0.6 is 12.2 Å². The van der Waals surface area contributed by atoms with Crippen molar-refractivity contribution in [3.63, 3.8) is 0 Å². The molecule has 2 aromatic rings. The van der Waals surface area contributed by atoms with Crippen LogP contribution in [0.25, 0.3) is 5.70 Å². The minimum atomic E-state index is 0. The van der Waals surface area contributed by atoms with Gasteiger partial charge in [0, 0.05) is 40.9 Å². The minimum absolute atomic E-state index is 0. The van der Waals surface area contributed by atoms with Crippen molar-refractivity contribution < 1.29 is 26.8 Å². The van der Waals surface area contributed by atoms with Crippen molar-refractivity contribution in [1.29, 1.82) is 0 Å². The zero-order valence-corrected chi connectivity index (χ0v) is 16.8. The molecule has 2 radical (unpaired) electrons. The fourth-order valence-corrected chi connectivity index (χ4v) is 3.03. The number of methoxy groups -OCH3 is 1. The van der Waals surface area contributed by atoms with Gasteiger partial charge >= 0.3 is 0 Å². The zero-order chi connectivity index (χ0) is 18.4. The molecule has 0 amide bonds.